The summed E-state index contributed by atoms with van der Waals surface area (Å²) < 4.78 is 5.49. The summed E-state index contributed by atoms with van der Waals surface area (Å²) in [6.45, 7) is 9.12. The average Bonchev–Trinajstić information content (AvgIpc) is 2.66. The number of aromatic nitrogens is 1. The second-order valence-electron chi connectivity index (χ2n) is 8.78. The van der Waals surface area contributed by atoms with E-state index in [1.54, 1.807) is 6.07 Å². The minimum Gasteiger partial charge on any atom is -0.444 e. The molecule has 0 bridgehead atoms. The highest BCUT2D eigenvalue weighted by molar-refractivity contribution is 6.29. The number of hydrogen-bond acceptors (Lipinski definition) is 5. The van der Waals surface area contributed by atoms with E-state index in [9.17, 15) is 4.79 Å². The summed E-state index contributed by atoms with van der Waals surface area (Å²) in [5.74, 6) is 2.12. The fraction of sp³-hybridized carbons (Fsp3) is 0.667. The van der Waals surface area contributed by atoms with Crippen LogP contribution in [0.2, 0.25) is 5.15 Å². The van der Waals surface area contributed by atoms with E-state index in [0.717, 1.165) is 57.7 Å². The Morgan fingerprint density at radius 2 is 1.71 bits per heavy atom. The van der Waals surface area contributed by atoms with Crippen molar-refractivity contribution in [3.63, 3.8) is 0 Å². The minimum absolute atomic E-state index is 0.193. The Kier molecular flexibility index (Phi) is 6.34. The third-order valence-corrected chi connectivity index (χ3v) is 5.82. The zero-order valence-corrected chi connectivity index (χ0v) is 17.7. The number of amides is 1. The highest BCUT2D eigenvalue weighted by atomic mass is 35.5. The van der Waals surface area contributed by atoms with Crippen molar-refractivity contribution in [3.8, 4) is 6.07 Å². The monoisotopic (exact) mass is 404 g/mol. The standard InChI is InChI=1S/C21H29ClN4O2/c1-21(2,3)28-20(27)26-10-6-17(7-11-26)16-4-8-25(9-5-16)19-13-15(14-23)12-18(22)24-19/h12-13,16-17H,4-11H2,1-3H3. The molecule has 1 aromatic rings. The molecule has 0 aromatic carbocycles. The van der Waals surface area contributed by atoms with Crippen LogP contribution in [0.3, 0.4) is 0 Å². The molecule has 1 amide bonds. The molecular formula is C21H29ClN4O2. The molecule has 2 fully saturated rings. The van der Waals surface area contributed by atoms with E-state index < -0.39 is 5.60 Å². The van der Waals surface area contributed by atoms with Crippen LogP contribution in [-0.4, -0.2) is 47.8 Å². The third kappa shape index (κ3) is 5.29. The van der Waals surface area contributed by atoms with Gasteiger partial charge in [-0.05, 0) is 70.4 Å². The number of nitriles is 1. The molecular weight excluding hydrogens is 376 g/mol. The van der Waals surface area contributed by atoms with Gasteiger partial charge in [-0.15, -0.1) is 0 Å². The van der Waals surface area contributed by atoms with Crippen LogP contribution >= 0.6 is 11.6 Å². The van der Waals surface area contributed by atoms with E-state index >= 15 is 0 Å². The molecule has 2 aliphatic heterocycles. The first-order valence-electron chi connectivity index (χ1n) is 10.1. The van der Waals surface area contributed by atoms with Crippen molar-refractivity contribution in [3.05, 3.63) is 22.8 Å². The quantitative estimate of drug-likeness (QED) is 0.680. The zero-order chi connectivity index (χ0) is 20.3. The number of nitrogens with zero attached hydrogens (tertiary/aromatic N) is 4. The summed E-state index contributed by atoms with van der Waals surface area (Å²) in [6.07, 6.45) is 4.09. The molecule has 2 aliphatic rings. The number of piperidine rings is 2. The van der Waals surface area contributed by atoms with Gasteiger partial charge in [-0.25, -0.2) is 9.78 Å². The summed E-state index contributed by atoms with van der Waals surface area (Å²) in [7, 11) is 0. The minimum atomic E-state index is -0.444. The maximum absolute atomic E-state index is 12.2. The van der Waals surface area contributed by atoms with Crippen LogP contribution in [0.25, 0.3) is 0 Å². The highest BCUT2D eigenvalue weighted by Gasteiger charge is 2.32. The summed E-state index contributed by atoms with van der Waals surface area (Å²) in [4.78, 5) is 20.7. The van der Waals surface area contributed by atoms with Crippen LogP contribution in [0.15, 0.2) is 12.1 Å². The van der Waals surface area contributed by atoms with E-state index in [-0.39, 0.29) is 6.09 Å². The van der Waals surface area contributed by atoms with Gasteiger partial charge in [0, 0.05) is 26.2 Å². The smallest absolute Gasteiger partial charge is 0.410 e. The Balaban J connectivity index is 1.49. The molecule has 6 nitrogen and oxygen atoms in total. The average molecular weight is 405 g/mol. The first kappa shape index (κ1) is 20.7. The maximum Gasteiger partial charge on any atom is 0.410 e. The number of anilines is 1. The van der Waals surface area contributed by atoms with E-state index in [2.05, 4.69) is 16.0 Å². The van der Waals surface area contributed by atoms with Crippen molar-refractivity contribution in [1.29, 1.82) is 5.26 Å². The summed E-state index contributed by atoms with van der Waals surface area (Å²) in [5.41, 5.74) is 0.104. The molecule has 0 saturated carbocycles. The molecule has 0 N–H and O–H groups in total. The van der Waals surface area contributed by atoms with Gasteiger partial charge in [0.1, 0.15) is 16.6 Å². The fourth-order valence-corrected chi connectivity index (χ4v) is 4.39. The number of rotatable bonds is 2. The Morgan fingerprint density at radius 1 is 1.14 bits per heavy atom. The van der Waals surface area contributed by atoms with E-state index in [1.165, 1.54) is 0 Å². The molecule has 7 heteroatoms. The Bertz CT molecular complexity index is 740. The molecule has 28 heavy (non-hydrogen) atoms. The Morgan fingerprint density at radius 3 is 2.25 bits per heavy atom. The van der Waals surface area contributed by atoms with Gasteiger partial charge in [-0.2, -0.15) is 5.26 Å². The Hall–Kier alpha value is -2.00. The molecule has 2 saturated heterocycles. The third-order valence-electron chi connectivity index (χ3n) is 5.63. The molecule has 0 unspecified atom stereocenters. The van der Waals surface area contributed by atoms with Gasteiger partial charge in [-0.3, -0.25) is 0 Å². The number of likely N-dealkylation sites (tertiary alicyclic amines) is 1. The van der Waals surface area contributed by atoms with Gasteiger partial charge in [-0.1, -0.05) is 11.6 Å². The Labute approximate surface area is 172 Å². The van der Waals surface area contributed by atoms with Gasteiger partial charge in [0.25, 0.3) is 0 Å². The molecule has 0 spiro atoms. The van der Waals surface area contributed by atoms with E-state index in [0.29, 0.717) is 22.6 Å². The van der Waals surface area contributed by atoms with E-state index in [1.807, 2.05) is 31.7 Å². The van der Waals surface area contributed by atoms with Gasteiger partial charge in [0.2, 0.25) is 0 Å². The van der Waals surface area contributed by atoms with Crippen molar-refractivity contribution in [2.75, 3.05) is 31.1 Å². The van der Waals surface area contributed by atoms with Gasteiger partial charge in [0.15, 0.2) is 0 Å². The number of carbonyl (C=O) groups excluding carboxylic acids is 1. The second-order valence-corrected chi connectivity index (χ2v) is 9.17. The van der Waals surface area contributed by atoms with Gasteiger partial charge < -0.3 is 14.5 Å². The lowest BCUT2D eigenvalue weighted by Gasteiger charge is -2.40. The molecule has 1 aromatic heterocycles. The summed E-state index contributed by atoms with van der Waals surface area (Å²) in [6, 6.07) is 5.55. The fourth-order valence-electron chi connectivity index (χ4n) is 4.19. The first-order valence-corrected chi connectivity index (χ1v) is 10.4. The largest absolute Gasteiger partial charge is 0.444 e. The topological polar surface area (TPSA) is 69.5 Å². The summed E-state index contributed by atoms with van der Waals surface area (Å²) >= 11 is 6.05. The van der Waals surface area contributed by atoms with Crippen LogP contribution in [-0.2, 0) is 4.74 Å². The van der Waals surface area contributed by atoms with Crippen LogP contribution in [0.4, 0.5) is 10.6 Å². The predicted molar refractivity (Wildman–Crippen MR) is 109 cm³/mol. The van der Waals surface area contributed by atoms with Crippen molar-refractivity contribution in [1.82, 2.24) is 9.88 Å². The van der Waals surface area contributed by atoms with Crippen LogP contribution in [0.5, 0.6) is 0 Å². The molecule has 152 valence electrons. The van der Waals surface area contributed by atoms with Crippen LogP contribution in [0.1, 0.15) is 52.0 Å². The van der Waals surface area contributed by atoms with Gasteiger partial charge in [0.05, 0.1) is 11.6 Å². The zero-order valence-electron chi connectivity index (χ0n) is 16.9. The lowest BCUT2D eigenvalue weighted by Crippen LogP contribution is -2.44. The summed E-state index contributed by atoms with van der Waals surface area (Å²) in [5, 5.41) is 9.49. The lowest BCUT2D eigenvalue weighted by molar-refractivity contribution is 0.0152. The molecule has 0 atom stereocenters. The van der Waals surface area contributed by atoms with Crippen molar-refractivity contribution in [2.45, 2.75) is 52.1 Å². The number of pyridine rings is 1. The van der Waals surface area contributed by atoms with E-state index in [4.69, 9.17) is 21.6 Å². The lowest BCUT2D eigenvalue weighted by atomic mass is 9.79. The number of hydrogen-bond donors (Lipinski definition) is 0. The molecule has 3 heterocycles. The maximum atomic E-state index is 12.2. The SMILES string of the molecule is CC(C)(C)OC(=O)N1CCC(C2CCN(c3cc(C#N)cc(Cl)n3)CC2)CC1. The predicted octanol–water partition coefficient (Wildman–Crippen LogP) is 4.47. The highest BCUT2D eigenvalue weighted by Crippen LogP contribution is 2.34. The van der Waals surface area contributed by atoms with Crippen LogP contribution in [0, 0.1) is 23.2 Å². The molecule has 3 rings (SSSR count). The van der Waals surface area contributed by atoms with Crippen molar-refractivity contribution in [2.24, 2.45) is 11.8 Å². The number of ether oxygens (including phenoxy) is 1. The first-order chi connectivity index (χ1) is 13.2. The number of halogens is 1. The normalized spacial score (nSPS) is 19.4. The molecule has 0 aliphatic carbocycles. The van der Waals surface area contributed by atoms with Crippen molar-refractivity contribution < 1.29 is 9.53 Å². The number of carbonyl (C=O) groups is 1. The van der Waals surface area contributed by atoms with Crippen LogP contribution < -0.4 is 4.90 Å². The van der Waals surface area contributed by atoms with Gasteiger partial charge >= 0.3 is 6.09 Å². The molecule has 0 radical (unpaired) electrons. The van der Waals surface area contributed by atoms with Crippen molar-refractivity contribution >= 4 is 23.5 Å². The second kappa shape index (κ2) is 8.57.